The summed E-state index contributed by atoms with van der Waals surface area (Å²) in [5.74, 6) is -1.58. The Morgan fingerprint density at radius 2 is 2.05 bits per heavy atom. The second-order valence-electron chi connectivity index (χ2n) is 4.38. The van der Waals surface area contributed by atoms with E-state index in [1.54, 1.807) is 25.5 Å². The van der Waals surface area contributed by atoms with Crippen LogP contribution in [-0.4, -0.2) is 12.0 Å². The zero-order valence-corrected chi connectivity index (χ0v) is 10.7. The maximum Gasteiger partial charge on any atom is 0.163 e. The molecule has 1 aromatic carbocycles. The molecule has 1 atom stereocenters. The van der Waals surface area contributed by atoms with E-state index < -0.39 is 11.6 Å². The standard InChI is InChI=1S/C15H16F2N2/c1-18-14(8-7-11-4-3-9-19-10-11)12-5-2-6-13(16)15(12)17/h2-6,9-10,14,18H,7-8H2,1H3. The Morgan fingerprint density at radius 1 is 1.21 bits per heavy atom. The molecular weight excluding hydrogens is 246 g/mol. The summed E-state index contributed by atoms with van der Waals surface area (Å²) in [6, 6.07) is 7.90. The van der Waals surface area contributed by atoms with Gasteiger partial charge in [-0.3, -0.25) is 4.98 Å². The summed E-state index contributed by atoms with van der Waals surface area (Å²) < 4.78 is 27.0. The number of pyridine rings is 1. The Kier molecular flexibility index (Phi) is 4.58. The lowest BCUT2D eigenvalue weighted by Gasteiger charge is -2.17. The number of aromatic nitrogens is 1. The first kappa shape index (κ1) is 13.6. The fourth-order valence-electron chi connectivity index (χ4n) is 2.10. The molecule has 0 spiro atoms. The number of benzene rings is 1. The van der Waals surface area contributed by atoms with E-state index in [0.29, 0.717) is 12.0 Å². The lowest BCUT2D eigenvalue weighted by Crippen LogP contribution is -2.19. The van der Waals surface area contributed by atoms with Crippen LogP contribution in [0.3, 0.4) is 0 Å². The minimum absolute atomic E-state index is 0.212. The Hall–Kier alpha value is -1.81. The SMILES string of the molecule is CNC(CCc1cccnc1)c1cccc(F)c1F. The van der Waals surface area contributed by atoms with E-state index in [0.717, 1.165) is 18.1 Å². The molecule has 1 heterocycles. The summed E-state index contributed by atoms with van der Waals surface area (Å²) in [6.45, 7) is 0. The molecule has 1 aromatic heterocycles. The fraction of sp³-hybridized carbons (Fsp3) is 0.267. The highest BCUT2D eigenvalue weighted by molar-refractivity contribution is 5.23. The molecule has 19 heavy (non-hydrogen) atoms. The number of aryl methyl sites for hydroxylation is 1. The number of nitrogens with zero attached hydrogens (tertiary/aromatic N) is 1. The van der Waals surface area contributed by atoms with Gasteiger partial charge in [0.2, 0.25) is 0 Å². The smallest absolute Gasteiger partial charge is 0.163 e. The number of halogens is 2. The van der Waals surface area contributed by atoms with Crippen molar-refractivity contribution in [1.82, 2.24) is 10.3 Å². The van der Waals surface area contributed by atoms with Crippen LogP contribution >= 0.6 is 0 Å². The average Bonchev–Trinajstić information content (AvgIpc) is 2.45. The average molecular weight is 262 g/mol. The molecular formula is C15H16F2N2. The van der Waals surface area contributed by atoms with Crippen LogP contribution in [0.1, 0.15) is 23.6 Å². The molecule has 1 N–H and O–H groups in total. The number of nitrogens with one attached hydrogen (secondary N) is 1. The van der Waals surface area contributed by atoms with Crippen LogP contribution in [0.4, 0.5) is 8.78 Å². The van der Waals surface area contributed by atoms with Crippen molar-refractivity contribution in [3.8, 4) is 0 Å². The minimum Gasteiger partial charge on any atom is -0.313 e. The van der Waals surface area contributed by atoms with Gasteiger partial charge in [0.05, 0.1) is 0 Å². The molecule has 2 rings (SSSR count). The summed E-state index contributed by atoms with van der Waals surface area (Å²) >= 11 is 0. The van der Waals surface area contributed by atoms with Crippen molar-refractivity contribution >= 4 is 0 Å². The van der Waals surface area contributed by atoms with Crippen LogP contribution in [0.5, 0.6) is 0 Å². The van der Waals surface area contributed by atoms with Gasteiger partial charge in [-0.2, -0.15) is 0 Å². The largest absolute Gasteiger partial charge is 0.313 e. The zero-order chi connectivity index (χ0) is 13.7. The second-order valence-corrected chi connectivity index (χ2v) is 4.38. The summed E-state index contributed by atoms with van der Waals surface area (Å²) in [7, 11) is 1.75. The third kappa shape index (κ3) is 3.35. The maximum atomic E-state index is 13.7. The number of hydrogen-bond acceptors (Lipinski definition) is 2. The Morgan fingerprint density at radius 3 is 2.74 bits per heavy atom. The summed E-state index contributed by atoms with van der Waals surface area (Å²) in [5.41, 5.74) is 1.45. The summed E-state index contributed by atoms with van der Waals surface area (Å²) in [5, 5.41) is 3.03. The van der Waals surface area contributed by atoms with Crippen molar-refractivity contribution in [3.05, 3.63) is 65.5 Å². The highest BCUT2D eigenvalue weighted by Crippen LogP contribution is 2.23. The van der Waals surface area contributed by atoms with Gasteiger partial charge in [-0.15, -0.1) is 0 Å². The zero-order valence-electron chi connectivity index (χ0n) is 10.7. The van der Waals surface area contributed by atoms with Crippen molar-refractivity contribution in [2.75, 3.05) is 7.05 Å². The van der Waals surface area contributed by atoms with Gasteiger partial charge in [-0.05, 0) is 37.6 Å². The quantitative estimate of drug-likeness (QED) is 0.894. The van der Waals surface area contributed by atoms with E-state index in [-0.39, 0.29) is 6.04 Å². The van der Waals surface area contributed by atoms with Crippen LogP contribution in [0, 0.1) is 11.6 Å². The molecule has 0 fully saturated rings. The Balaban J connectivity index is 2.10. The van der Waals surface area contributed by atoms with E-state index in [1.807, 2.05) is 12.1 Å². The van der Waals surface area contributed by atoms with Crippen LogP contribution < -0.4 is 5.32 Å². The van der Waals surface area contributed by atoms with E-state index in [1.165, 1.54) is 6.07 Å². The molecule has 4 heteroatoms. The van der Waals surface area contributed by atoms with Crippen molar-refractivity contribution < 1.29 is 8.78 Å². The van der Waals surface area contributed by atoms with Gasteiger partial charge in [0.15, 0.2) is 11.6 Å². The molecule has 100 valence electrons. The highest BCUT2D eigenvalue weighted by Gasteiger charge is 2.16. The Bertz CT molecular complexity index is 529. The lowest BCUT2D eigenvalue weighted by atomic mass is 9.99. The van der Waals surface area contributed by atoms with Gasteiger partial charge in [-0.25, -0.2) is 8.78 Å². The molecule has 0 saturated heterocycles. The fourth-order valence-corrected chi connectivity index (χ4v) is 2.10. The molecule has 2 nitrogen and oxygen atoms in total. The summed E-state index contributed by atoms with van der Waals surface area (Å²) in [6.07, 6.45) is 4.94. The highest BCUT2D eigenvalue weighted by atomic mass is 19.2. The third-order valence-electron chi connectivity index (χ3n) is 3.15. The monoisotopic (exact) mass is 262 g/mol. The topological polar surface area (TPSA) is 24.9 Å². The minimum atomic E-state index is -0.806. The van der Waals surface area contributed by atoms with Crippen LogP contribution in [0.25, 0.3) is 0 Å². The van der Waals surface area contributed by atoms with E-state index in [2.05, 4.69) is 10.3 Å². The van der Waals surface area contributed by atoms with E-state index in [9.17, 15) is 8.78 Å². The Labute approximate surface area is 111 Å². The van der Waals surface area contributed by atoms with E-state index >= 15 is 0 Å². The number of rotatable bonds is 5. The maximum absolute atomic E-state index is 13.7. The van der Waals surface area contributed by atoms with Crippen molar-refractivity contribution in [2.24, 2.45) is 0 Å². The summed E-state index contributed by atoms with van der Waals surface area (Å²) in [4.78, 5) is 4.04. The van der Waals surface area contributed by atoms with Gasteiger partial charge in [0.25, 0.3) is 0 Å². The van der Waals surface area contributed by atoms with Gasteiger partial charge in [0.1, 0.15) is 0 Å². The number of hydrogen-bond donors (Lipinski definition) is 1. The first-order valence-corrected chi connectivity index (χ1v) is 6.22. The molecule has 0 aliphatic carbocycles. The molecule has 0 saturated carbocycles. The van der Waals surface area contributed by atoms with Crippen LogP contribution in [0.15, 0.2) is 42.7 Å². The van der Waals surface area contributed by atoms with Crippen molar-refractivity contribution in [1.29, 1.82) is 0 Å². The first-order chi connectivity index (χ1) is 9.22. The normalized spacial score (nSPS) is 12.4. The molecule has 1 unspecified atom stereocenters. The van der Waals surface area contributed by atoms with Gasteiger partial charge in [-0.1, -0.05) is 18.2 Å². The van der Waals surface area contributed by atoms with Gasteiger partial charge >= 0.3 is 0 Å². The van der Waals surface area contributed by atoms with Gasteiger partial charge < -0.3 is 5.32 Å². The third-order valence-corrected chi connectivity index (χ3v) is 3.15. The molecule has 0 radical (unpaired) electrons. The molecule has 0 aliphatic heterocycles. The predicted molar refractivity (Wildman–Crippen MR) is 70.7 cm³/mol. The second kappa shape index (κ2) is 6.38. The first-order valence-electron chi connectivity index (χ1n) is 6.22. The van der Waals surface area contributed by atoms with E-state index in [4.69, 9.17) is 0 Å². The molecule has 2 aromatic rings. The lowest BCUT2D eigenvalue weighted by molar-refractivity contribution is 0.463. The molecule has 0 bridgehead atoms. The molecule has 0 aliphatic rings. The molecule has 0 amide bonds. The predicted octanol–water partition coefficient (Wildman–Crippen LogP) is 3.25. The van der Waals surface area contributed by atoms with Crippen molar-refractivity contribution in [3.63, 3.8) is 0 Å². The van der Waals surface area contributed by atoms with Crippen LogP contribution in [-0.2, 0) is 6.42 Å². The van der Waals surface area contributed by atoms with Crippen LogP contribution in [0.2, 0.25) is 0 Å². The van der Waals surface area contributed by atoms with Gasteiger partial charge in [0, 0.05) is 24.0 Å². The van der Waals surface area contributed by atoms with Crippen molar-refractivity contribution in [2.45, 2.75) is 18.9 Å².